The van der Waals surface area contributed by atoms with E-state index in [0.29, 0.717) is 12.9 Å². The number of hydrogen-bond acceptors (Lipinski definition) is 4. The monoisotopic (exact) mass is 190 g/mol. The van der Waals surface area contributed by atoms with Gasteiger partial charge in [-0.05, 0) is 6.92 Å². The second kappa shape index (κ2) is 10.6. The normalized spacial score (nSPS) is 7.85. The number of carbonyl (C=O) groups is 3. The van der Waals surface area contributed by atoms with Gasteiger partial charge in [0.05, 0.1) is 13.0 Å². The maximum Gasteiger partial charge on any atom is 0.303 e. The number of aldehydes is 1. The van der Waals surface area contributed by atoms with E-state index in [1.807, 2.05) is 0 Å². The van der Waals surface area contributed by atoms with Gasteiger partial charge in [0.2, 0.25) is 0 Å². The van der Waals surface area contributed by atoms with E-state index in [-0.39, 0.29) is 18.8 Å². The molecule has 76 valence electrons. The van der Waals surface area contributed by atoms with Gasteiger partial charge in [-0.3, -0.25) is 9.59 Å². The molecular formula is C8H14O5. The summed E-state index contributed by atoms with van der Waals surface area (Å²) in [6.07, 6.45) is 0.660. The summed E-state index contributed by atoms with van der Waals surface area (Å²) < 4.78 is 4.40. The smallest absolute Gasteiger partial charge is 0.303 e. The lowest BCUT2D eigenvalue weighted by Crippen LogP contribution is -1.95. The van der Waals surface area contributed by atoms with Gasteiger partial charge in [0, 0.05) is 13.3 Å². The minimum Gasteiger partial charge on any atom is -0.481 e. The zero-order valence-electron chi connectivity index (χ0n) is 7.78. The first-order valence-corrected chi connectivity index (χ1v) is 3.83. The molecule has 0 bridgehead atoms. The molecule has 0 aromatic heterocycles. The van der Waals surface area contributed by atoms with Crippen molar-refractivity contribution in [2.75, 3.05) is 6.61 Å². The predicted octanol–water partition coefficient (Wildman–Crippen LogP) is 0.620. The maximum absolute atomic E-state index is 9.82. The standard InChI is InChI=1S/C4H6O3.C4H8O2/c5-3-1-2-4(6)7;1-3-6-4(2)5/h3H,1-2H2,(H,6,7);3H2,1-2H3. The van der Waals surface area contributed by atoms with Gasteiger partial charge >= 0.3 is 11.9 Å². The van der Waals surface area contributed by atoms with Crippen LogP contribution in [-0.2, 0) is 19.1 Å². The third kappa shape index (κ3) is 25.0. The van der Waals surface area contributed by atoms with E-state index in [0.717, 1.165) is 0 Å². The molecule has 0 fully saturated rings. The van der Waals surface area contributed by atoms with Crippen LogP contribution in [0.5, 0.6) is 0 Å². The Labute approximate surface area is 76.7 Å². The number of rotatable bonds is 4. The summed E-state index contributed by atoms with van der Waals surface area (Å²) in [5.74, 6) is -1.13. The van der Waals surface area contributed by atoms with E-state index >= 15 is 0 Å². The van der Waals surface area contributed by atoms with Crippen molar-refractivity contribution >= 4 is 18.2 Å². The van der Waals surface area contributed by atoms with Crippen LogP contribution in [0.1, 0.15) is 26.7 Å². The first-order chi connectivity index (χ1) is 6.04. The summed E-state index contributed by atoms with van der Waals surface area (Å²) in [6.45, 7) is 3.65. The Morgan fingerprint density at radius 1 is 1.46 bits per heavy atom. The second-order valence-electron chi connectivity index (χ2n) is 2.02. The zero-order valence-corrected chi connectivity index (χ0v) is 7.78. The van der Waals surface area contributed by atoms with Crippen molar-refractivity contribution < 1.29 is 24.2 Å². The first kappa shape index (κ1) is 14.2. The molecule has 0 aromatic carbocycles. The lowest BCUT2D eigenvalue weighted by molar-refractivity contribution is -0.140. The minimum absolute atomic E-state index is 0.0521. The number of hydrogen-bond donors (Lipinski definition) is 1. The number of carboxylic acids is 1. The molecule has 0 saturated heterocycles. The van der Waals surface area contributed by atoms with E-state index < -0.39 is 5.97 Å². The Hall–Kier alpha value is -1.39. The summed E-state index contributed by atoms with van der Waals surface area (Å²) in [4.78, 5) is 28.9. The highest BCUT2D eigenvalue weighted by molar-refractivity contribution is 5.70. The average Bonchev–Trinajstić information content (AvgIpc) is 2.01. The van der Waals surface area contributed by atoms with E-state index in [1.165, 1.54) is 6.92 Å². The topological polar surface area (TPSA) is 80.7 Å². The van der Waals surface area contributed by atoms with Gasteiger partial charge < -0.3 is 14.6 Å². The van der Waals surface area contributed by atoms with E-state index in [4.69, 9.17) is 5.11 Å². The number of carboxylic acid groups (broad SMARTS) is 1. The van der Waals surface area contributed by atoms with Gasteiger partial charge in [-0.25, -0.2) is 0 Å². The van der Waals surface area contributed by atoms with Gasteiger partial charge in [0.1, 0.15) is 6.29 Å². The lowest BCUT2D eigenvalue weighted by atomic mass is 10.3. The Morgan fingerprint density at radius 2 is 2.00 bits per heavy atom. The van der Waals surface area contributed by atoms with Crippen LogP contribution in [0.25, 0.3) is 0 Å². The highest BCUT2D eigenvalue weighted by Crippen LogP contribution is 1.80. The van der Waals surface area contributed by atoms with Crippen LogP contribution >= 0.6 is 0 Å². The molecule has 0 aliphatic rings. The Kier molecular flexibility index (Phi) is 11.6. The Morgan fingerprint density at radius 3 is 2.08 bits per heavy atom. The van der Waals surface area contributed by atoms with Crippen molar-refractivity contribution in [2.24, 2.45) is 0 Å². The van der Waals surface area contributed by atoms with Crippen molar-refractivity contribution in [1.29, 1.82) is 0 Å². The summed E-state index contributed by atoms with van der Waals surface area (Å²) in [5.41, 5.74) is 0. The van der Waals surface area contributed by atoms with Gasteiger partial charge in [-0.2, -0.15) is 0 Å². The molecule has 0 amide bonds. The molecule has 0 aliphatic heterocycles. The highest BCUT2D eigenvalue weighted by atomic mass is 16.5. The van der Waals surface area contributed by atoms with Crippen molar-refractivity contribution in [2.45, 2.75) is 26.7 Å². The molecule has 0 radical (unpaired) electrons. The van der Waals surface area contributed by atoms with Gasteiger partial charge in [-0.15, -0.1) is 0 Å². The molecule has 0 atom stereocenters. The van der Waals surface area contributed by atoms with Crippen LogP contribution in [0, 0.1) is 0 Å². The third-order valence-corrected chi connectivity index (χ3v) is 0.824. The highest BCUT2D eigenvalue weighted by Gasteiger charge is 1.91. The van der Waals surface area contributed by atoms with E-state index in [2.05, 4.69) is 4.74 Å². The Bertz CT molecular complexity index is 164. The molecule has 5 nitrogen and oxygen atoms in total. The van der Waals surface area contributed by atoms with Gasteiger partial charge in [0.25, 0.3) is 0 Å². The van der Waals surface area contributed by atoms with Crippen LogP contribution in [-0.4, -0.2) is 29.9 Å². The molecule has 0 spiro atoms. The maximum atomic E-state index is 9.82. The van der Waals surface area contributed by atoms with Crippen molar-refractivity contribution in [3.8, 4) is 0 Å². The number of esters is 1. The number of ether oxygens (including phenoxy) is 1. The van der Waals surface area contributed by atoms with Crippen LogP contribution < -0.4 is 0 Å². The molecule has 0 rings (SSSR count). The minimum atomic E-state index is -0.924. The SMILES string of the molecule is CCOC(C)=O.O=CCCC(=O)O. The summed E-state index contributed by atoms with van der Waals surface area (Å²) in [7, 11) is 0. The quantitative estimate of drug-likeness (QED) is 0.519. The fraction of sp³-hybridized carbons (Fsp3) is 0.625. The van der Waals surface area contributed by atoms with Crippen molar-refractivity contribution in [3.05, 3.63) is 0 Å². The van der Waals surface area contributed by atoms with Crippen LogP contribution in [0.4, 0.5) is 0 Å². The fourth-order valence-electron chi connectivity index (χ4n) is 0.386. The second-order valence-corrected chi connectivity index (χ2v) is 2.02. The van der Waals surface area contributed by atoms with E-state index in [9.17, 15) is 14.4 Å². The van der Waals surface area contributed by atoms with Gasteiger partial charge in [0.15, 0.2) is 0 Å². The number of aliphatic carboxylic acids is 1. The summed E-state index contributed by atoms with van der Waals surface area (Å²) >= 11 is 0. The average molecular weight is 190 g/mol. The molecule has 0 unspecified atom stereocenters. The lowest BCUT2D eigenvalue weighted by Gasteiger charge is -1.89. The van der Waals surface area contributed by atoms with Crippen LogP contribution in [0.2, 0.25) is 0 Å². The molecule has 0 saturated carbocycles. The van der Waals surface area contributed by atoms with Crippen molar-refractivity contribution in [3.63, 3.8) is 0 Å². The molecule has 1 N–H and O–H groups in total. The van der Waals surface area contributed by atoms with Gasteiger partial charge in [-0.1, -0.05) is 0 Å². The third-order valence-electron chi connectivity index (χ3n) is 0.824. The molecule has 0 aromatic rings. The summed E-state index contributed by atoms with van der Waals surface area (Å²) in [6, 6.07) is 0. The molecule has 0 heterocycles. The largest absolute Gasteiger partial charge is 0.481 e. The zero-order chi connectivity index (χ0) is 10.7. The van der Waals surface area contributed by atoms with Crippen LogP contribution in [0.3, 0.4) is 0 Å². The van der Waals surface area contributed by atoms with Crippen molar-refractivity contribution in [1.82, 2.24) is 0 Å². The Balaban J connectivity index is 0. The van der Waals surface area contributed by atoms with Crippen LogP contribution in [0.15, 0.2) is 0 Å². The fourth-order valence-corrected chi connectivity index (χ4v) is 0.386. The molecule has 5 heteroatoms. The first-order valence-electron chi connectivity index (χ1n) is 3.83. The molecule has 13 heavy (non-hydrogen) atoms. The van der Waals surface area contributed by atoms with E-state index in [1.54, 1.807) is 6.92 Å². The molecular weight excluding hydrogens is 176 g/mol. The number of carbonyl (C=O) groups excluding carboxylic acids is 2. The summed E-state index contributed by atoms with van der Waals surface area (Å²) in [5, 5.41) is 7.89. The predicted molar refractivity (Wildman–Crippen MR) is 45.2 cm³/mol. The molecule has 0 aliphatic carbocycles.